The predicted octanol–water partition coefficient (Wildman–Crippen LogP) is 7.60. The van der Waals surface area contributed by atoms with Crippen LogP contribution in [-0.2, 0) is 18.9 Å². The third-order valence-corrected chi connectivity index (χ3v) is 6.51. The van der Waals surface area contributed by atoms with Gasteiger partial charge in [-0.05, 0) is 69.7 Å². The Labute approximate surface area is 189 Å². The molecule has 1 heterocycles. The molecule has 1 heteroatoms. The second-order valence-corrected chi connectivity index (χ2v) is 10.5. The molecule has 4 aromatic rings. The summed E-state index contributed by atoms with van der Waals surface area (Å²) in [5.74, 6) is 0.596. The van der Waals surface area contributed by atoms with Gasteiger partial charge in [0.05, 0.1) is 12.3 Å². The van der Waals surface area contributed by atoms with E-state index in [1.807, 2.05) is 0 Å². The Balaban J connectivity index is 2.13. The fraction of sp³-hybridized carbons (Fsp3) is 0.367. The van der Waals surface area contributed by atoms with Gasteiger partial charge in [-0.2, -0.15) is 4.57 Å². The van der Waals surface area contributed by atoms with Crippen LogP contribution in [0, 0.1) is 19.8 Å². The van der Waals surface area contributed by atoms with E-state index in [0.717, 1.165) is 22.9 Å². The number of benzene rings is 3. The first kappa shape index (κ1) is 20.2. The molecule has 0 bridgehead atoms. The van der Waals surface area contributed by atoms with E-state index in [1.54, 1.807) is 0 Å². The quantitative estimate of drug-likeness (QED) is 0.306. The zero-order valence-corrected chi connectivity index (χ0v) is 20.4. The topological polar surface area (TPSA) is 3.88 Å². The Morgan fingerprint density at radius 3 is 2.26 bits per heavy atom. The van der Waals surface area contributed by atoms with Crippen LogP contribution in [-0.4, -0.2) is 0 Å². The average molecular weight is 412 g/mol. The molecule has 0 amide bonds. The summed E-state index contributed by atoms with van der Waals surface area (Å²) in [6.45, 7) is 15.7. The number of hydrogen-bond acceptors (Lipinski definition) is 0. The lowest BCUT2D eigenvalue weighted by atomic mass is 9.80. The maximum absolute atomic E-state index is 8.87. The summed E-state index contributed by atoms with van der Waals surface area (Å²) in [6, 6.07) is 18.5. The average Bonchev–Trinajstić information content (AvgIpc) is 2.73. The Morgan fingerprint density at radius 1 is 0.935 bits per heavy atom. The third-order valence-electron chi connectivity index (χ3n) is 6.51. The van der Waals surface area contributed by atoms with Crippen LogP contribution >= 0.6 is 0 Å². The van der Waals surface area contributed by atoms with Crippen molar-refractivity contribution in [1.82, 2.24) is 0 Å². The fourth-order valence-corrected chi connectivity index (χ4v) is 4.84. The molecule has 0 spiro atoms. The first-order valence-corrected chi connectivity index (χ1v) is 11.5. The van der Waals surface area contributed by atoms with Crippen molar-refractivity contribution in [3.63, 3.8) is 0 Å². The lowest BCUT2D eigenvalue weighted by molar-refractivity contribution is -0.665. The van der Waals surface area contributed by atoms with Crippen LogP contribution in [0.25, 0.3) is 32.8 Å². The Kier molecular flexibility index (Phi) is 5.08. The molecule has 0 saturated heterocycles. The highest BCUT2D eigenvalue weighted by Crippen LogP contribution is 2.39. The number of fused-ring (bicyclic) bond motifs is 2. The highest BCUT2D eigenvalue weighted by molar-refractivity contribution is 6.00. The largest absolute Gasteiger partial charge is 0.220 e. The molecular weight excluding hydrogens is 374 g/mol. The molecule has 160 valence electrons. The molecule has 1 nitrogen and oxygen atoms in total. The molecule has 0 radical (unpaired) electrons. The van der Waals surface area contributed by atoms with E-state index in [0.29, 0.717) is 12.0 Å². The summed E-state index contributed by atoms with van der Waals surface area (Å²) >= 11 is 0. The summed E-state index contributed by atoms with van der Waals surface area (Å²) in [7, 11) is 2.11. The molecular formula is C30H36N+. The summed E-state index contributed by atoms with van der Waals surface area (Å²) in [5.41, 5.74) is 7.48. The fourth-order valence-electron chi connectivity index (χ4n) is 4.84. The number of aromatic nitrogens is 1. The van der Waals surface area contributed by atoms with Gasteiger partial charge in [-0.3, -0.25) is 0 Å². The summed E-state index contributed by atoms with van der Waals surface area (Å²) < 4.78 is 11.1. The van der Waals surface area contributed by atoms with Gasteiger partial charge in [0, 0.05) is 13.0 Å². The van der Waals surface area contributed by atoms with E-state index < -0.39 is 0 Å². The Bertz CT molecular complexity index is 1340. The van der Waals surface area contributed by atoms with Crippen LogP contribution in [0.3, 0.4) is 0 Å². The summed E-state index contributed by atoms with van der Waals surface area (Å²) in [4.78, 5) is 0. The van der Waals surface area contributed by atoms with Crippen molar-refractivity contribution < 1.29 is 5.94 Å². The third kappa shape index (κ3) is 3.87. The number of rotatable bonds is 3. The van der Waals surface area contributed by atoms with E-state index in [-0.39, 0.29) is 5.41 Å². The van der Waals surface area contributed by atoms with E-state index in [9.17, 15) is 0 Å². The monoisotopic (exact) mass is 411 g/mol. The van der Waals surface area contributed by atoms with Gasteiger partial charge in [-0.15, -0.1) is 0 Å². The van der Waals surface area contributed by atoms with Crippen LogP contribution in [0.2, 0.25) is 0 Å². The van der Waals surface area contributed by atoms with Gasteiger partial charge < -0.3 is 0 Å². The first-order chi connectivity index (χ1) is 15.0. The molecule has 0 aliphatic heterocycles. The minimum Gasteiger partial charge on any atom is -0.198 e. The van der Waals surface area contributed by atoms with Crippen LogP contribution in [0.4, 0.5) is 0 Å². The van der Waals surface area contributed by atoms with Crippen molar-refractivity contribution in [2.75, 3.05) is 0 Å². The summed E-state index contributed by atoms with van der Waals surface area (Å²) in [5, 5.41) is 4.86. The van der Waals surface area contributed by atoms with E-state index in [1.165, 1.54) is 38.7 Å². The SMILES string of the molecule is [2H]c1c(C)[n+](C)c(-c2cc(C(C)(C)C)c3ccccc3c2C)c2ccc(CC(C)C)cc12. The zero-order valence-electron chi connectivity index (χ0n) is 21.4. The molecule has 0 aliphatic carbocycles. The van der Waals surface area contributed by atoms with Gasteiger partial charge in [0.1, 0.15) is 7.05 Å². The maximum Gasteiger partial charge on any atom is 0.220 e. The van der Waals surface area contributed by atoms with Gasteiger partial charge >= 0.3 is 0 Å². The van der Waals surface area contributed by atoms with Crippen molar-refractivity contribution >= 4 is 21.5 Å². The standard InChI is InChI=1S/C30H36N/c1-19(2)15-22-13-14-25-23(17-22)16-20(3)31(8)29(25)27-18-28(30(5,6)7)26-12-10-9-11-24(26)21(27)4/h9-14,16-19H,15H2,1-8H3/q+1/i16D. The minimum atomic E-state index is 0.0330. The second-order valence-electron chi connectivity index (χ2n) is 10.5. The zero-order chi connectivity index (χ0) is 23.4. The van der Waals surface area contributed by atoms with Crippen molar-refractivity contribution in [2.24, 2.45) is 13.0 Å². The molecule has 3 aromatic carbocycles. The molecule has 0 unspecified atom stereocenters. The van der Waals surface area contributed by atoms with Crippen molar-refractivity contribution in [3.05, 3.63) is 77.0 Å². The molecule has 0 saturated carbocycles. The van der Waals surface area contributed by atoms with Crippen LogP contribution in [0.15, 0.2) is 54.6 Å². The maximum atomic E-state index is 8.87. The molecule has 0 aliphatic rings. The molecule has 0 atom stereocenters. The molecule has 0 fully saturated rings. The minimum absolute atomic E-state index is 0.0330. The van der Waals surface area contributed by atoms with Crippen LogP contribution < -0.4 is 4.57 Å². The normalized spacial score (nSPS) is 12.7. The number of nitrogens with zero attached hydrogens (tertiary/aromatic N) is 1. The van der Waals surface area contributed by atoms with Gasteiger partial charge in [-0.25, -0.2) is 0 Å². The second kappa shape index (κ2) is 7.79. The van der Waals surface area contributed by atoms with E-state index >= 15 is 0 Å². The lowest BCUT2D eigenvalue weighted by Crippen LogP contribution is -2.35. The molecule has 1 aromatic heterocycles. The molecule has 31 heavy (non-hydrogen) atoms. The van der Waals surface area contributed by atoms with Crippen molar-refractivity contribution in [1.29, 1.82) is 0 Å². The number of aryl methyl sites for hydroxylation is 1. The van der Waals surface area contributed by atoms with Gasteiger partial charge in [0.15, 0.2) is 5.69 Å². The van der Waals surface area contributed by atoms with Crippen LogP contribution in [0.1, 0.15) is 58.4 Å². The van der Waals surface area contributed by atoms with Crippen molar-refractivity contribution in [3.8, 4) is 11.3 Å². The predicted molar refractivity (Wildman–Crippen MR) is 135 cm³/mol. The Morgan fingerprint density at radius 2 is 1.61 bits per heavy atom. The van der Waals surface area contributed by atoms with Crippen molar-refractivity contribution in [2.45, 2.75) is 60.3 Å². The van der Waals surface area contributed by atoms with Gasteiger partial charge in [0.2, 0.25) is 5.69 Å². The van der Waals surface area contributed by atoms with E-state index in [4.69, 9.17) is 1.37 Å². The highest BCUT2D eigenvalue weighted by atomic mass is 14.9. The highest BCUT2D eigenvalue weighted by Gasteiger charge is 2.25. The van der Waals surface area contributed by atoms with E-state index in [2.05, 4.69) is 109 Å². The number of pyridine rings is 1. The Hall–Kier alpha value is -2.67. The first-order valence-electron chi connectivity index (χ1n) is 12.0. The smallest absolute Gasteiger partial charge is 0.198 e. The van der Waals surface area contributed by atoms with Crippen LogP contribution in [0.5, 0.6) is 0 Å². The number of hydrogen-bond donors (Lipinski definition) is 0. The summed E-state index contributed by atoms with van der Waals surface area (Å²) in [6.07, 6.45) is 1.04. The molecule has 4 rings (SSSR count). The van der Waals surface area contributed by atoms with Gasteiger partial charge in [0.25, 0.3) is 0 Å². The molecule has 0 N–H and O–H groups in total. The lowest BCUT2D eigenvalue weighted by Gasteiger charge is -2.24. The van der Waals surface area contributed by atoms with Gasteiger partial charge in [-0.1, -0.05) is 71.0 Å².